The summed E-state index contributed by atoms with van der Waals surface area (Å²) in [5.41, 5.74) is 11.1. The molecule has 0 spiro atoms. The summed E-state index contributed by atoms with van der Waals surface area (Å²) in [5, 5.41) is 10.3. The van der Waals surface area contributed by atoms with Gasteiger partial charge in [0.05, 0.1) is 26.0 Å². The second-order valence-corrected chi connectivity index (χ2v) is 5.92. The molecule has 1 atom stereocenters. The zero-order chi connectivity index (χ0) is 17.3. The number of hydrazine groups is 1. The van der Waals surface area contributed by atoms with Gasteiger partial charge in [0.2, 0.25) is 0 Å². The third-order valence-corrected chi connectivity index (χ3v) is 4.20. The minimum Gasteiger partial charge on any atom is -0.507 e. The molecule has 0 unspecified atom stereocenters. The largest absolute Gasteiger partial charge is 0.507 e. The van der Waals surface area contributed by atoms with Gasteiger partial charge in [-0.1, -0.05) is 12.1 Å². The van der Waals surface area contributed by atoms with Crippen molar-refractivity contribution in [3.8, 4) is 17.2 Å². The zero-order valence-electron chi connectivity index (χ0n) is 14.3. The molecule has 0 aliphatic carbocycles. The van der Waals surface area contributed by atoms with E-state index in [0.717, 1.165) is 28.0 Å². The number of phenolic OH excluding ortho intramolecular Hbond substituents is 1. The molecule has 0 bridgehead atoms. The molecule has 0 saturated carbocycles. The summed E-state index contributed by atoms with van der Waals surface area (Å²) in [4.78, 5) is 0. The van der Waals surface area contributed by atoms with Gasteiger partial charge in [0, 0.05) is 5.56 Å². The fourth-order valence-corrected chi connectivity index (χ4v) is 2.95. The highest BCUT2D eigenvalue weighted by Gasteiger charge is 2.21. The molecule has 0 radical (unpaired) electrons. The van der Waals surface area contributed by atoms with Gasteiger partial charge >= 0.3 is 0 Å². The summed E-state index contributed by atoms with van der Waals surface area (Å²) in [6.07, 6.45) is 2.05. The molecule has 3 rings (SSSR count). The molecule has 1 aliphatic heterocycles. The molecular weight excluding hydrogens is 304 g/mol. The van der Waals surface area contributed by atoms with Crippen LogP contribution in [0, 0.1) is 13.8 Å². The van der Waals surface area contributed by atoms with Crippen LogP contribution in [0.1, 0.15) is 28.3 Å². The molecule has 0 aromatic heterocycles. The average molecular weight is 326 g/mol. The van der Waals surface area contributed by atoms with Crippen molar-refractivity contribution in [2.24, 2.45) is 0 Å². The van der Waals surface area contributed by atoms with Gasteiger partial charge in [-0.2, -0.15) is 0 Å². The van der Waals surface area contributed by atoms with Crippen LogP contribution >= 0.6 is 0 Å². The van der Waals surface area contributed by atoms with Gasteiger partial charge < -0.3 is 20.0 Å². The van der Waals surface area contributed by atoms with E-state index in [1.165, 1.54) is 0 Å². The summed E-state index contributed by atoms with van der Waals surface area (Å²) in [6, 6.07) is 9.73. The van der Waals surface area contributed by atoms with Crippen molar-refractivity contribution in [2.75, 3.05) is 14.2 Å². The Hall–Kier alpha value is -2.66. The van der Waals surface area contributed by atoms with Crippen molar-refractivity contribution in [3.63, 3.8) is 0 Å². The second-order valence-electron chi connectivity index (χ2n) is 5.92. The Kier molecular flexibility index (Phi) is 4.36. The van der Waals surface area contributed by atoms with Crippen molar-refractivity contribution < 1.29 is 14.6 Å². The fourth-order valence-electron chi connectivity index (χ4n) is 2.95. The first kappa shape index (κ1) is 16.2. The summed E-state index contributed by atoms with van der Waals surface area (Å²) >= 11 is 0. The molecule has 0 saturated heterocycles. The van der Waals surface area contributed by atoms with E-state index in [2.05, 4.69) is 16.9 Å². The lowest BCUT2D eigenvalue weighted by atomic mass is 10.0. The van der Waals surface area contributed by atoms with Crippen LogP contribution in [0.15, 0.2) is 36.4 Å². The molecule has 0 fully saturated rings. The number of methoxy groups -OCH3 is 2. The number of rotatable bonds is 4. The van der Waals surface area contributed by atoms with E-state index >= 15 is 0 Å². The highest BCUT2D eigenvalue weighted by Crippen LogP contribution is 2.35. The van der Waals surface area contributed by atoms with Gasteiger partial charge in [0.25, 0.3) is 0 Å². The number of aromatic hydroxyl groups is 1. The Balaban J connectivity index is 1.94. The standard InChI is InChI=1S/C19H22N2O3/c1-11-7-12(2)19(22)14(8-11)16-10-15(20-21-16)13-5-6-17(23-3)18(9-13)24-4/h5-10,15,20-22H,1-4H3/t15-/m1/s1. The molecule has 2 aromatic carbocycles. The Morgan fingerprint density at radius 1 is 1.00 bits per heavy atom. The van der Waals surface area contributed by atoms with Gasteiger partial charge in [-0.25, -0.2) is 5.43 Å². The lowest BCUT2D eigenvalue weighted by molar-refractivity contribution is 0.354. The van der Waals surface area contributed by atoms with E-state index in [1.807, 2.05) is 44.2 Å². The summed E-state index contributed by atoms with van der Waals surface area (Å²) in [7, 11) is 3.24. The SMILES string of the molecule is COc1ccc([C@H]2C=C(c3cc(C)cc(C)c3O)NN2)cc1OC. The van der Waals surface area contributed by atoms with Crippen LogP contribution in [-0.4, -0.2) is 19.3 Å². The maximum absolute atomic E-state index is 10.3. The Morgan fingerprint density at radius 3 is 2.46 bits per heavy atom. The van der Waals surface area contributed by atoms with Crippen LogP contribution in [0.3, 0.4) is 0 Å². The number of phenols is 1. The van der Waals surface area contributed by atoms with Gasteiger partial charge in [0.1, 0.15) is 5.75 Å². The molecule has 5 nitrogen and oxygen atoms in total. The van der Waals surface area contributed by atoms with Crippen LogP contribution in [0.2, 0.25) is 0 Å². The first-order valence-corrected chi connectivity index (χ1v) is 7.79. The van der Waals surface area contributed by atoms with Gasteiger partial charge in [0.15, 0.2) is 11.5 Å². The van der Waals surface area contributed by atoms with E-state index < -0.39 is 0 Å². The van der Waals surface area contributed by atoms with Crippen molar-refractivity contribution in [3.05, 3.63) is 58.7 Å². The topological polar surface area (TPSA) is 62.8 Å². The maximum atomic E-state index is 10.3. The molecule has 3 N–H and O–H groups in total. The van der Waals surface area contributed by atoms with E-state index in [1.54, 1.807) is 14.2 Å². The Bertz CT molecular complexity index is 799. The van der Waals surface area contributed by atoms with Crippen molar-refractivity contribution in [1.82, 2.24) is 10.9 Å². The van der Waals surface area contributed by atoms with Crippen molar-refractivity contribution in [1.29, 1.82) is 0 Å². The third kappa shape index (κ3) is 2.90. The monoisotopic (exact) mass is 326 g/mol. The average Bonchev–Trinajstić information content (AvgIpc) is 3.07. The molecule has 2 aromatic rings. The predicted octanol–water partition coefficient (Wildman–Crippen LogP) is 3.22. The summed E-state index contributed by atoms with van der Waals surface area (Å²) in [5.74, 6) is 1.69. The molecule has 5 heteroatoms. The lowest BCUT2D eigenvalue weighted by Crippen LogP contribution is -2.26. The minimum atomic E-state index is -0.0278. The molecule has 1 aliphatic rings. The molecule has 1 heterocycles. The summed E-state index contributed by atoms with van der Waals surface area (Å²) in [6.45, 7) is 3.92. The van der Waals surface area contributed by atoms with Gasteiger partial charge in [-0.15, -0.1) is 0 Å². The molecule has 24 heavy (non-hydrogen) atoms. The second kappa shape index (κ2) is 6.45. The smallest absolute Gasteiger partial charge is 0.161 e. The fraction of sp³-hybridized carbons (Fsp3) is 0.263. The van der Waals surface area contributed by atoms with Crippen LogP contribution in [0.5, 0.6) is 17.2 Å². The molecule has 0 amide bonds. The number of nitrogens with one attached hydrogen (secondary N) is 2. The third-order valence-electron chi connectivity index (χ3n) is 4.20. The number of aryl methyl sites for hydroxylation is 2. The maximum Gasteiger partial charge on any atom is 0.161 e. The zero-order valence-corrected chi connectivity index (χ0v) is 14.3. The quantitative estimate of drug-likeness (QED) is 0.805. The number of hydrogen-bond acceptors (Lipinski definition) is 5. The predicted molar refractivity (Wildman–Crippen MR) is 94.1 cm³/mol. The number of ether oxygens (including phenoxy) is 2. The van der Waals surface area contributed by atoms with Crippen molar-refractivity contribution >= 4 is 5.70 Å². The van der Waals surface area contributed by atoms with E-state index in [0.29, 0.717) is 17.2 Å². The lowest BCUT2D eigenvalue weighted by Gasteiger charge is -2.13. The van der Waals surface area contributed by atoms with Crippen LogP contribution in [0.4, 0.5) is 0 Å². The highest BCUT2D eigenvalue weighted by atomic mass is 16.5. The van der Waals surface area contributed by atoms with E-state index in [9.17, 15) is 5.11 Å². The number of hydrogen-bond donors (Lipinski definition) is 3. The first-order valence-electron chi connectivity index (χ1n) is 7.79. The molecular formula is C19H22N2O3. The van der Waals surface area contributed by atoms with E-state index in [4.69, 9.17) is 9.47 Å². The Labute approximate surface area is 141 Å². The minimum absolute atomic E-state index is 0.0278. The van der Waals surface area contributed by atoms with Gasteiger partial charge in [-0.05, 0) is 54.8 Å². The Morgan fingerprint density at radius 2 is 1.75 bits per heavy atom. The van der Waals surface area contributed by atoms with E-state index in [-0.39, 0.29) is 6.04 Å². The van der Waals surface area contributed by atoms with Crippen LogP contribution < -0.4 is 20.3 Å². The highest BCUT2D eigenvalue weighted by molar-refractivity contribution is 5.72. The molecule has 126 valence electrons. The van der Waals surface area contributed by atoms with Crippen molar-refractivity contribution in [2.45, 2.75) is 19.9 Å². The first-order chi connectivity index (χ1) is 11.5. The summed E-state index contributed by atoms with van der Waals surface area (Å²) < 4.78 is 10.6. The van der Waals surface area contributed by atoms with Crippen LogP contribution in [-0.2, 0) is 0 Å². The van der Waals surface area contributed by atoms with Gasteiger partial charge in [-0.3, -0.25) is 0 Å². The normalized spacial score (nSPS) is 16.5. The van der Waals surface area contributed by atoms with Crippen LogP contribution in [0.25, 0.3) is 5.70 Å². The number of benzene rings is 2.